The molecule has 0 atom stereocenters. The number of H-pyrrole nitrogens is 1. The first-order valence-corrected chi connectivity index (χ1v) is 7.07. The number of carboxylic acids is 1. The lowest BCUT2D eigenvalue weighted by molar-refractivity contribution is 0.0700. The molecule has 3 heteroatoms. The van der Waals surface area contributed by atoms with E-state index in [4.69, 9.17) is 0 Å². The van der Waals surface area contributed by atoms with E-state index in [1.54, 1.807) is 0 Å². The number of carbonyl (C=O) groups is 1. The van der Waals surface area contributed by atoms with E-state index < -0.39 is 5.97 Å². The van der Waals surface area contributed by atoms with Gasteiger partial charge in [0.25, 0.3) is 0 Å². The number of para-hydroxylation sites is 1. The maximum Gasteiger partial charge on any atom is 0.338 e. The van der Waals surface area contributed by atoms with E-state index in [1.165, 1.54) is 0 Å². The van der Waals surface area contributed by atoms with Crippen LogP contribution in [0.2, 0.25) is 0 Å². The van der Waals surface area contributed by atoms with Gasteiger partial charge in [-0.25, -0.2) is 4.79 Å². The second kappa shape index (κ2) is 4.74. The molecule has 0 aliphatic heterocycles. The van der Waals surface area contributed by atoms with Crippen molar-refractivity contribution in [2.75, 3.05) is 0 Å². The van der Waals surface area contributed by atoms with Crippen molar-refractivity contribution in [3.05, 3.63) is 72.3 Å². The van der Waals surface area contributed by atoms with Crippen LogP contribution >= 0.6 is 0 Å². The van der Waals surface area contributed by atoms with Crippen LogP contribution in [0.4, 0.5) is 0 Å². The van der Waals surface area contributed by atoms with Gasteiger partial charge in [0.15, 0.2) is 0 Å². The molecular formula is C19H13NO2. The largest absolute Gasteiger partial charge is 0.478 e. The molecule has 0 spiro atoms. The van der Waals surface area contributed by atoms with Gasteiger partial charge in [0.2, 0.25) is 0 Å². The molecule has 1 aromatic heterocycles. The first kappa shape index (κ1) is 12.7. The van der Waals surface area contributed by atoms with Crippen molar-refractivity contribution < 1.29 is 9.90 Å². The standard InChI is InChI=1S/C19H13NO2/c21-19(22)17-15-7-3-4-8-16(15)20-18(17)14-10-9-12-5-1-2-6-13(12)11-14/h1-11,20H,(H,21,22). The molecule has 0 aliphatic carbocycles. The summed E-state index contributed by atoms with van der Waals surface area (Å²) in [5.74, 6) is -0.916. The molecule has 0 bridgehead atoms. The topological polar surface area (TPSA) is 53.1 Å². The summed E-state index contributed by atoms with van der Waals surface area (Å²) in [7, 11) is 0. The Morgan fingerprint density at radius 2 is 1.59 bits per heavy atom. The number of carboxylic acid groups (broad SMARTS) is 1. The zero-order chi connectivity index (χ0) is 15.1. The summed E-state index contributed by atoms with van der Waals surface area (Å²) in [5.41, 5.74) is 2.70. The van der Waals surface area contributed by atoms with Gasteiger partial charge >= 0.3 is 5.97 Å². The third-order valence-electron chi connectivity index (χ3n) is 3.96. The molecule has 0 radical (unpaired) electrons. The minimum absolute atomic E-state index is 0.325. The van der Waals surface area contributed by atoms with Gasteiger partial charge in [-0.1, -0.05) is 54.6 Å². The highest BCUT2D eigenvalue weighted by atomic mass is 16.4. The summed E-state index contributed by atoms with van der Waals surface area (Å²) in [6.07, 6.45) is 0. The fourth-order valence-electron chi connectivity index (χ4n) is 2.93. The van der Waals surface area contributed by atoms with Gasteiger partial charge in [0.05, 0.1) is 11.3 Å². The molecule has 2 N–H and O–H groups in total. The van der Waals surface area contributed by atoms with Gasteiger partial charge in [-0.2, -0.15) is 0 Å². The Morgan fingerprint density at radius 1 is 0.864 bits per heavy atom. The Kier molecular flexibility index (Phi) is 2.73. The summed E-state index contributed by atoms with van der Waals surface area (Å²) < 4.78 is 0. The summed E-state index contributed by atoms with van der Waals surface area (Å²) in [4.78, 5) is 15.0. The maximum atomic E-state index is 11.7. The van der Waals surface area contributed by atoms with Crippen molar-refractivity contribution in [3.8, 4) is 11.3 Å². The van der Waals surface area contributed by atoms with Crippen LogP contribution in [0.1, 0.15) is 10.4 Å². The fourth-order valence-corrected chi connectivity index (χ4v) is 2.93. The van der Waals surface area contributed by atoms with Crippen molar-refractivity contribution in [1.82, 2.24) is 4.98 Å². The Hall–Kier alpha value is -3.07. The SMILES string of the molecule is O=C(O)c1c(-c2ccc3ccccc3c2)[nH]c2ccccc12. The lowest BCUT2D eigenvalue weighted by Gasteiger charge is -2.04. The second-order valence-corrected chi connectivity index (χ2v) is 5.29. The van der Waals surface area contributed by atoms with Crippen molar-refractivity contribution in [1.29, 1.82) is 0 Å². The number of hydrogen-bond acceptors (Lipinski definition) is 1. The van der Waals surface area contributed by atoms with Crippen LogP contribution in [-0.2, 0) is 0 Å². The van der Waals surface area contributed by atoms with E-state index in [9.17, 15) is 9.90 Å². The van der Waals surface area contributed by atoms with Gasteiger partial charge in [0, 0.05) is 10.9 Å². The van der Waals surface area contributed by atoms with Crippen LogP contribution in [0.25, 0.3) is 32.9 Å². The van der Waals surface area contributed by atoms with Gasteiger partial charge < -0.3 is 10.1 Å². The van der Waals surface area contributed by atoms with Crippen LogP contribution in [0.3, 0.4) is 0 Å². The molecule has 106 valence electrons. The van der Waals surface area contributed by atoms with Gasteiger partial charge in [-0.15, -0.1) is 0 Å². The van der Waals surface area contributed by atoms with E-state index in [0.717, 1.165) is 27.2 Å². The molecule has 4 rings (SSSR count). The van der Waals surface area contributed by atoms with E-state index in [-0.39, 0.29) is 0 Å². The summed E-state index contributed by atoms with van der Waals surface area (Å²) in [5, 5.41) is 12.6. The fraction of sp³-hybridized carbons (Fsp3) is 0. The third kappa shape index (κ3) is 1.87. The Balaban J connectivity index is 2.03. The van der Waals surface area contributed by atoms with Crippen LogP contribution in [0, 0.1) is 0 Å². The molecule has 1 heterocycles. The molecule has 4 aromatic rings. The van der Waals surface area contributed by atoms with E-state index in [2.05, 4.69) is 4.98 Å². The number of aromatic carboxylic acids is 1. The van der Waals surface area contributed by atoms with Crippen molar-refractivity contribution in [3.63, 3.8) is 0 Å². The second-order valence-electron chi connectivity index (χ2n) is 5.29. The Bertz CT molecular complexity index is 1010. The summed E-state index contributed by atoms with van der Waals surface area (Å²) in [6.45, 7) is 0. The molecular weight excluding hydrogens is 274 g/mol. The summed E-state index contributed by atoms with van der Waals surface area (Å²) in [6, 6.07) is 21.5. The van der Waals surface area contributed by atoms with Gasteiger partial charge in [-0.3, -0.25) is 0 Å². The minimum Gasteiger partial charge on any atom is -0.478 e. The minimum atomic E-state index is -0.916. The van der Waals surface area contributed by atoms with Gasteiger partial charge in [0.1, 0.15) is 0 Å². The molecule has 22 heavy (non-hydrogen) atoms. The number of aromatic amines is 1. The van der Waals surface area contributed by atoms with Gasteiger partial charge in [-0.05, 0) is 28.5 Å². The quantitative estimate of drug-likeness (QED) is 0.562. The predicted molar refractivity (Wildman–Crippen MR) is 88.2 cm³/mol. The van der Waals surface area contributed by atoms with Crippen molar-refractivity contribution in [2.45, 2.75) is 0 Å². The van der Waals surface area contributed by atoms with Crippen LogP contribution < -0.4 is 0 Å². The Labute approximate surface area is 126 Å². The maximum absolute atomic E-state index is 11.7. The molecule has 3 nitrogen and oxygen atoms in total. The van der Waals surface area contributed by atoms with E-state index in [1.807, 2.05) is 66.7 Å². The molecule has 0 unspecified atom stereocenters. The normalized spacial score (nSPS) is 11.1. The summed E-state index contributed by atoms with van der Waals surface area (Å²) >= 11 is 0. The predicted octanol–water partition coefficient (Wildman–Crippen LogP) is 4.69. The monoisotopic (exact) mass is 287 g/mol. The number of rotatable bonds is 2. The smallest absolute Gasteiger partial charge is 0.338 e. The van der Waals surface area contributed by atoms with Crippen LogP contribution in [0.15, 0.2) is 66.7 Å². The van der Waals surface area contributed by atoms with Crippen LogP contribution in [-0.4, -0.2) is 16.1 Å². The van der Waals surface area contributed by atoms with Crippen LogP contribution in [0.5, 0.6) is 0 Å². The molecule has 0 saturated carbocycles. The van der Waals surface area contributed by atoms with E-state index in [0.29, 0.717) is 11.3 Å². The number of fused-ring (bicyclic) bond motifs is 2. The molecule has 3 aromatic carbocycles. The third-order valence-corrected chi connectivity index (χ3v) is 3.96. The average molecular weight is 287 g/mol. The highest BCUT2D eigenvalue weighted by Gasteiger charge is 2.18. The number of nitrogens with one attached hydrogen (secondary N) is 1. The number of hydrogen-bond donors (Lipinski definition) is 2. The number of aromatic nitrogens is 1. The molecule has 0 amide bonds. The highest BCUT2D eigenvalue weighted by Crippen LogP contribution is 2.32. The lowest BCUT2D eigenvalue weighted by atomic mass is 10.0. The zero-order valence-corrected chi connectivity index (χ0v) is 11.7. The lowest BCUT2D eigenvalue weighted by Crippen LogP contribution is -1.97. The van der Waals surface area contributed by atoms with Crippen molar-refractivity contribution in [2.24, 2.45) is 0 Å². The first-order valence-electron chi connectivity index (χ1n) is 7.07. The Morgan fingerprint density at radius 3 is 2.41 bits per heavy atom. The molecule has 0 saturated heterocycles. The van der Waals surface area contributed by atoms with Crippen molar-refractivity contribution >= 4 is 27.6 Å². The highest BCUT2D eigenvalue weighted by molar-refractivity contribution is 6.09. The molecule has 0 aliphatic rings. The average Bonchev–Trinajstić information content (AvgIpc) is 2.94. The first-order chi connectivity index (χ1) is 10.7. The van der Waals surface area contributed by atoms with E-state index >= 15 is 0 Å². The zero-order valence-electron chi connectivity index (χ0n) is 11.7. The molecule has 0 fully saturated rings. The number of benzene rings is 3.